The van der Waals surface area contributed by atoms with E-state index in [1.807, 2.05) is 0 Å². The van der Waals surface area contributed by atoms with Gasteiger partial charge in [-0.1, -0.05) is 25.5 Å². The van der Waals surface area contributed by atoms with E-state index in [0.717, 1.165) is 32.1 Å². The van der Waals surface area contributed by atoms with Crippen LogP contribution < -0.4 is 0 Å². The van der Waals surface area contributed by atoms with Crippen LogP contribution in [0.3, 0.4) is 0 Å². The molecule has 0 heterocycles. The second-order valence-corrected chi connectivity index (χ2v) is 3.91. The third-order valence-corrected chi connectivity index (χ3v) is 2.53. The van der Waals surface area contributed by atoms with Crippen LogP contribution in [-0.2, 0) is 9.47 Å². The summed E-state index contributed by atoms with van der Waals surface area (Å²) in [6, 6.07) is 0. The van der Waals surface area contributed by atoms with Gasteiger partial charge >= 0.3 is 6.16 Å². The first-order valence-electron chi connectivity index (χ1n) is 5.77. The number of carbonyl (C=O) groups excluding carboxylic acids is 1. The van der Waals surface area contributed by atoms with E-state index in [4.69, 9.17) is 9.47 Å². The predicted molar refractivity (Wildman–Crippen MR) is 58.7 cm³/mol. The third kappa shape index (κ3) is 5.45. The van der Waals surface area contributed by atoms with Crippen molar-refractivity contribution in [3.63, 3.8) is 0 Å². The summed E-state index contributed by atoms with van der Waals surface area (Å²) in [5.41, 5.74) is 0. The Morgan fingerprint density at radius 2 is 2.27 bits per heavy atom. The van der Waals surface area contributed by atoms with E-state index in [-0.39, 0.29) is 0 Å². The molecule has 0 saturated carbocycles. The molecule has 86 valence electrons. The van der Waals surface area contributed by atoms with Gasteiger partial charge in [0, 0.05) is 0 Å². The van der Waals surface area contributed by atoms with E-state index in [1.54, 1.807) is 0 Å². The predicted octanol–water partition coefficient (Wildman–Crippen LogP) is 3.30. The molecular formula is C12H20O3. The fraction of sp³-hybridized carbons (Fsp3) is 0.750. The maximum Gasteiger partial charge on any atom is 0.508 e. The molecule has 3 nitrogen and oxygen atoms in total. The zero-order valence-corrected chi connectivity index (χ0v) is 9.41. The van der Waals surface area contributed by atoms with Crippen LogP contribution in [0.2, 0.25) is 0 Å². The summed E-state index contributed by atoms with van der Waals surface area (Å²) in [5, 5.41) is 0. The van der Waals surface area contributed by atoms with E-state index < -0.39 is 6.16 Å². The van der Waals surface area contributed by atoms with Crippen molar-refractivity contribution in [1.82, 2.24) is 0 Å². The van der Waals surface area contributed by atoms with Gasteiger partial charge < -0.3 is 9.47 Å². The highest BCUT2D eigenvalue weighted by molar-refractivity contribution is 5.59. The molecule has 0 amide bonds. The molecule has 0 aromatic rings. The van der Waals surface area contributed by atoms with Crippen molar-refractivity contribution < 1.29 is 14.3 Å². The average Bonchev–Trinajstić information content (AvgIpc) is 2.28. The highest BCUT2D eigenvalue weighted by atomic mass is 16.7. The van der Waals surface area contributed by atoms with Crippen molar-refractivity contribution in [2.75, 3.05) is 13.2 Å². The van der Waals surface area contributed by atoms with Gasteiger partial charge in [-0.25, -0.2) is 4.79 Å². The Balaban J connectivity index is 2.03. The Morgan fingerprint density at radius 1 is 1.40 bits per heavy atom. The molecule has 15 heavy (non-hydrogen) atoms. The molecule has 0 fully saturated rings. The number of ether oxygens (including phenoxy) is 2. The Kier molecular flexibility index (Phi) is 5.90. The third-order valence-electron chi connectivity index (χ3n) is 2.53. The van der Waals surface area contributed by atoms with Gasteiger partial charge in [0.15, 0.2) is 0 Å². The van der Waals surface area contributed by atoms with Gasteiger partial charge in [0.25, 0.3) is 0 Å². The summed E-state index contributed by atoms with van der Waals surface area (Å²) >= 11 is 0. The minimum atomic E-state index is -0.516. The van der Waals surface area contributed by atoms with Gasteiger partial charge in [0.05, 0.1) is 13.2 Å². The number of allylic oxidation sites excluding steroid dienone is 2. The quantitative estimate of drug-likeness (QED) is 0.398. The fourth-order valence-corrected chi connectivity index (χ4v) is 1.54. The van der Waals surface area contributed by atoms with Gasteiger partial charge in [-0.15, -0.1) is 0 Å². The van der Waals surface area contributed by atoms with Crippen molar-refractivity contribution >= 4 is 6.16 Å². The molecule has 0 bridgehead atoms. The molecule has 0 aromatic heterocycles. The van der Waals surface area contributed by atoms with Crippen molar-refractivity contribution in [1.29, 1.82) is 0 Å². The number of carbonyl (C=O) groups is 1. The van der Waals surface area contributed by atoms with Gasteiger partial charge in [-0.3, -0.25) is 0 Å². The van der Waals surface area contributed by atoms with Gasteiger partial charge in [-0.2, -0.15) is 0 Å². The summed E-state index contributed by atoms with van der Waals surface area (Å²) in [5.74, 6) is 0.480. The van der Waals surface area contributed by atoms with Crippen LogP contribution in [0.5, 0.6) is 0 Å². The number of rotatable bonds is 5. The maximum atomic E-state index is 11.1. The molecule has 0 saturated heterocycles. The van der Waals surface area contributed by atoms with Crippen molar-refractivity contribution in [2.45, 2.75) is 39.0 Å². The number of unbranched alkanes of at least 4 members (excludes halogenated alkanes) is 1. The lowest BCUT2D eigenvalue weighted by molar-refractivity contribution is 0.0425. The second kappa shape index (κ2) is 7.32. The average molecular weight is 212 g/mol. The van der Waals surface area contributed by atoms with E-state index in [9.17, 15) is 4.79 Å². The number of hydrogen-bond acceptors (Lipinski definition) is 3. The van der Waals surface area contributed by atoms with E-state index in [0.29, 0.717) is 19.1 Å². The molecule has 0 aliphatic heterocycles. The smallest absolute Gasteiger partial charge is 0.434 e. The standard InChI is InChI=1S/C12H20O3/c1-2-3-9-14-12(13)15-10-11-7-5-4-6-8-11/h4-5,11H,2-3,6-10H2,1H3. The van der Waals surface area contributed by atoms with Crippen LogP contribution in [0, 0.1) is 5.92 Å². The van der Waals surface area contributed by atoms with Crippen LogP contribution in [0.25, 0.3) is 0 Å². The Labute approximate surface area is 91.4 Å². The topological polar surface area (TPSA) is 35.5 Å². The molecule has 1 unspecified atom stereocenters. The molecule has 0 radical (unpaired) electrons. The number of hydrogen-bond donors (Lipinski definition) is 0. The minimum absolute atomic E-state index is 0.472. The van der Waals surface area contributed by atoms with Crippen LogP contribution >= 0.6 is 0 Å². The fourth-order valence-electron chi connectivity index (χ4n) is 1.54. The molecular weight excluding hydrogens is 192 g/mol. The highest BCUT2D eigenvalue weighted by Gasteiger charge is 2.12. The summed E-state index contributed by atoms with van der Waals surface area (Å²) in [6.45, 7) is 3.03. The van der Waals surface area contributed by atoms with Crippen molar-refractivity contribution in [3.8, 4) is 0 Å². The maximum absolute atomic E-state index is 11.1. The van der Waals surface area contributed by atoms with Crippen LogP contribution in [0.4, 0.5) is 4.79 Å². The van der Waals surface area contributed by atoms with Crippen molar-refractivity contribution in [2.24, 2.45) is 5.92 Å². The van der Waals surface area contributed by atoms with Crippen LogP contribution in [0.1, 0.15) is 39.0 Å². The Bertz CT molecular complexity index is 211. The van der Waals surface area contributed by atoms with Gasteiger partial charge in [0.2, 0.25) is 0 Å². The summed E-state index contributed by atoms with van der Waals surface area (Å²) < 4.78 is 9.93. The minimum Gasteiger partial charge on any atom is -0.434 e. The first-order chi connectivity index (χ1) is 7.33. The van der Waals surface area contributed by atoms with Crippen LogP contribution in [0.15, 0.2) is 12.2 Å². The normalized spacial score (nSPS) is 19.9. The first-order valence-corrected chi connectivity index (χ1v) is 5.77. The lowest BCUT2D eigenvalue weighted by Crippen LogP contribution is -2.16. The molecule has 1 rings (SSSR count). The lowest BCUT2D eigenvalue weighted by atomic mass is 9.95. The lowest BCUT2D eigenvalue weighted by Gasteiger charge is -2.17. The molecule has 0 N–H and O–H groups in total. The Morgan fingerprint density at radius 3 is 2.93 bits per heavy atom. The second-order valence-electron chi connectivity index (χ2n) is 3.91. The molecule has 0 aromatic carbocycles. The monoisotopic (exact) mass is 212 g/mol. The summed E-state index contributed by atoms with van der Waals surface area (Å²) in [7, 11) is 0. The van der Waals surface area contributed by atoms with Crippen molar-refractivity contribution in [3.05, 3.63) is 12.2 Å². The largest absolute Gasteiger partial charge is 0.508 e. The molecule has 3 heteroatoms. The zero-order chi connectivity index (χ0) is 10.9. The van der Waals surface area contributed by atoms with Gasteiger partial charge in [0.1, 0.15) is 0 Å². The highest BCUT2D eigenvalue weighted by Crippen LogP contribution is 2.18. The molecule has 0 spiro atoms. The SMILES string of the molecule is CCCCOC(=O)OCC1CC=CCC1. The first kappa shape index (κ1) is 12.1. The summed E-state index contributed by atoms with van der Waals surface area (Å²) in [6.07, 6.45) is 8.97. The molecule has 1 aliphatic rings. The van der Waals surface area contributed by atoms with E-state index in [1.165, 1.54) is 0 Å². The van der Waals surface area contributed by atoms with Gasteiger partial charge in [-0.05, 0) is 31.6 Å². The van der Waals surface area contributed by atoms with E-state index in [2.05, 4.69) is 19.1 Å². The Hall–Kier alpha value is -0.990. The summed E-state index contributed by atoms with van der Waals surface area (Å²) in [4.78, 5) is 11.1. The van der Waals surface area contributed by atoms with E-state index >= 15 is 0 Å². The van der Waals surface area contributed by atoms with Crippen LogP contribution in [-0.4, -0.2) is 19.4 Å². The molecule has 1 aliphatic carbocycles. The zero-order valence-electron chi connectivity index (χ0n) is 9.41. The molecule has 1 atom stereocenters.